The van der Waals surface area contributed by atoms with Gasteiger partial charge < -0.3 is 20.1 Å². The number of nitrogens with zero attached hydrogens (tertiary/aromatic N) is 2. The fourth-order valence-corrected chi connectivity index (χ4v) is 4.54. The standard InChI is InChI=1S/C25H33N3O2.HI/c1-2-26-24(27-19-25(29)14-12-22-10-6-7-11-23(22)25)28-15-13-21(16-28)18-30-17-20-8-4-3-5-9-20;/h3-11,21,29H,2,12-19H2,1H3,(H,26,27);1H. The second-order valence-electron chi connectivity index (χ2n) is 8.46. The molecule has 0 amide bonds. The van der Waals surface area contributed by atoms with Crippen LogP contribution in [0.3, 0.4) is 0 Å². The zero-order valence-electron chi connectivity index (χ0n) is 18.3. The molecule has 168 valence electrons. The summed E-state index contributed by atoms with van der Waals surface area (Å²) in [5.74, 6) is 1.41. The monoisotopic (exact) mass is 535 g/mol. The number of likely N-dealkylation sites (tertiary alicyclic amines) is 1. The number of hydrogen-bond acceptors (Lipinski definition) is 3. The molecule has 1 heterocycles. The third kappa shape index (κ3) is 5.99. The van der Waals surface area contributed by atoms with Crippen LogP contribution in [0, 0.1) is 5.92 Å². The highest BCUT2D eigenvalue weighted by Gasteiger charge is 2.36. The van der Waals surface area contributed by atoms with Gasteiger partial charge in [0.15, 0.2) is 5.96 Å². The quantitative estimate of drug-likeness (QED) is 0.321. The van der Waals surface area contributed by atoms with Gasteiger partial charge in [-0.1, -0.05) is 54.6 Å². The van der Waals surface area contributed by atoms with E-state index in [2.05, 4.69) is 35.3 Å². The lowest BCUT2D eigenvalue weighted by Crippen LogP contribution is -2.41. The normalized spacial score (nSPS) is 22.8. The third-order valence-corrected chi connectivity index (χ3v) is 6.20. The summed E-state index contributed by atoms with van der Waals surface area (Å²) in [6.45, 7) is 6.65. The molecule has 1 aliphatic heterocycles. The lowest BCUT2D eigenvalue weighted by molar-refractivity contribution is 0.0483. The lowest BCUT2D eigenvalue weighted by atomic mass is 9.96. The zero-order chi connectivity index (χ0) is 20.8. The van der Waals surface area contributed by atoms with Crippen LogP contribution in [0.25, 0.3) is 0 Å². The summed E-state index contributed by atoms with van der Waals surface area (Å²) in [4.78, 5) is 7.16. The van der Waals surface area contributed by atoms with Crippen molar-refractivity contribution in [2.45, 2.75) is 38.4 Å². The van der Waals surface area contributed by atoms with E-state index in [1.807, 2.05) is 36.4 Å². The Bertz CT molecular complexity index is 861. The zero-order valence-corrected chi connectivity index (χ0v) is 20.6. The third-order valence-electron chi connectivity index (χ3n) is 6.20. The maximum Gasteiger partial charge on any atom is 0.194 e. The van der Waals surface area contributed by atoms with Gasteiger partial charge in [0.05, 0.1) is 19.8 Å². The summed E-state index contributed by atoms with van der Waals surface area (Å²) in [5.41, 5.74) is 2.65. The fourth-order valence-electron chi connectivity index (χ4n) is 4.54. The van der Waals surface area contributed by atoms with Gasteiger partial charge in [0.2, 0.25) is 0 Å². The van der Waals surface area contributed by atoms with E-state index in [1.54, 1.807) is 0 Å². The fraction of sp³-hybridized carbons (Fsp3) is 0.480. The van der Waals surface area contributed by atoms with Crippen molar-refractivity contribution in [2.24, 2.45) is 10.9 Å². The first kappa shape index (κ1) is 24.0. The summed E-state index contributed by atoms with van der Waals surface area (Å²) < 4.78 is 5.96. The van der Waals surface area contributed by atoms with Crippen molar-refractivity contribution in [3.05, 3.63) is 71.3 Å². The number of halogens is 1. The van der Waals surface area contributed by atoms with E-state index in [-0.39, 0.29) is 24.0 Å². The summed E-state index contributed by atoms with van der Waals surface area (Å²) in [7, 11) is 0. The Morgan fingerprint density at radius 3 is 2.77 bits per heavy atom. The SMILES string of the molecule is CCNC(=NCC1(O)CCc2ccccc21)N1CCC(COCc2ccccc2)C1.I. The van der Waals surface area contributed by atoms with E-state index in [0.29, 0.717) is 19.1 Å². The van der Waals surface area contributed by atoms with Crippen LogP contribution in [-0.4, -0.2) is 48.8 Å². The first-order chi connectivity index (χ1) is 14.7. The van der Waals surface area contributed by atoms with Crippen molar-refractivity contribution in [1.29, 1.82) is 0 Å². The molecule has 2 aromatic rings. The molecule has 31 heavy (non-hydrogen) atoms. The molecule has 0 spiro atoms. The second kappa shape index (κ2) is 11.3. The Morgan fingerprint density at radius 2 is 1.97 bits per heavy atom. The minimum absolute atomic E-state index is 0. The van der Waals surface area contributed by atoms with E-state index >= 15 is 0 Å². The Balaban J connectivity index is 0.00000272. The molecule has 2 aliphatic rings. The van der Waals surface area contributed by atoms with Crippen LogP contribution >= 0.6 is 24.0 Å². The number of ether oxygens (including phenoxy) is 1. The lowest BCUT2D eigenvalue weighted by Gasteiger charge is -2.25. The molecule has 1 fully saturated rings. The van der Waals surface area contributed by atoms with Crippen molar-refractivity contribution in [2.75, 3.05) is 32.8 Å². The molecule has 2 unspecified atom stereocenters. The number of hydrogen-bond donors (Lipinski definition) is 2. The molecule has 0 saturated carbocycles. The molecule has 0 radical (unpaired) electrons. The van der Waals surface area contributed by atoms with Gasteiger partial charge in [0.1, 0.15) is 5.60 Å². The van der Waals surface area contributed by atoms with Crippen molar-refractivity contribution in [1.82, 2.24) is 10.2 Å². The number of nitrogens with one attached hydrogen (secondary N) is 1. The average Bonchev–Trinajstić information content (AvgIpc) is 3.38. The minimum Gasteiger partial charge on any atom is -0.383 e. The summed E-state index contributed by atoms with van der Waals surface area (Å²) in [5, 5.41) is 14.6. The molecule has 6 heteroatoms. The number of rotatable bonds is 7. The first-order valence-electron chi connectivity index (χ1n) is 11.1. The van der Waals surface area contributed by atoms with Crippen molar-refractivity contribution < 1.29 is 9.84 Å². The predicted octanol–water partition coefficient (Wildman–Crippen LogP) is 3.94. The van der Waals surface area contributed by atoms with Gasteiger partial charge in [-0.25, -0.2) is 4.99 Å². The summed E-state index contributed by atoms with van der Waals surface area (Å²) in [6, 6.07) is 18.5. The molecule has 0 aromatic heterocycles. The largest absolute Gasteiger partial charge is 0.383 e. The summed E-state index contributed by atoms with van der Waals surface area (Å²) in [6.07, 6.45) is 2.76. The molecule has 1 saturated heterocycles. The number of guanidine groups is 1. The Morgan fingerprint density at radius 1 is 1.19 bits per heavy atom. The first-order valence-corrected chi connectivity index (χ1v) is 11.1. The smallest absolute Gasteiger partial charge is 0.194 e. The predicted molar refractivity (Wildman–Crippen MR) is 136 cm³/mol. The minimum atomic E-state index is -0.852. The molecule has 0 bridgehead atoms. The molecular weight excluding hydrogens is 501 g/mol. The molecule has 2 aromatic carbocycles. The summed E-state index contributed by atoms with van der Waals surface area (Å²) >= 11 is 0. The second-order valence-corrected chi connectivity index (χ2v) is 8.46. The van der Waals surface area contributed by atoms with Gasteiger partial charge in [-0.2, -0.15) is 0 Å². The molecule has 2 atom stereocenters. The van der Waals surface area contributed by atoms with Crippen LogP contribution in [0.1, 0.15) is 36.5 Å². The molecule has 2 N–H and O–H groups in total. The van der Waals surface area contributed by atoms with Crippen molar-refractivity contribution >= 4 is 29.9 Å². The maximum atomic E-state index is 11.2. The average molecular weight is 535 g/mol. The van der Waals surface area contributed by atoms with Crippen molar-refractivity contribution in [3.8, 4) is 0 Å². The highest BCUT2D eigenvalue weighted by molar-refractivity contribution is 14.0. The Hall–Kier alpha value is -1.64. The van der Waals surface area contributed by atoms with Gasteiger partial charge in [0.25, 0.3) is 0 Å². The van der Waals surface area contributed by atoms with Gasteiger partial charge in [-0.3, -0.25) is 0 Å². The van der Waals surface area contributed by atoms with Gasteiger partial charge in [0, 0.05) is 25.6 Å². The van der Waals surface area contributed by atoms with Crippen molar-refractivity contribution in [3.63, 3.8) is 0 Å². The number of aliphatic imine (C=N–C) groups is 1. The number of benzene rings is 2. The van der Waals surface area contributed by atoms with E-state index in [1.165, 1.54) is 11.1 Å². The van der Waals surface area contributed by atoms with Crippen LogP contribution in [0.2, 0.25) is 0 Å². The topological polar surface area (TPSA) is 57.1 Å². The van der Waals surface area contributed by atoms with Crippen LogP contribution in [0.15, 0.2) is 59.6 Å². The molecule has 1 aliphatic carbocycles. The van der Waals surface area contributed by atoms with Gasteiger partial charge in [-0.15, -0.1) is 24.0 Å². The Labute approximate surface area is 202 Å². The van der Waals surface area contributed by atoms with Crippen LogP contribution in [-0.2, 0) is 23.4 Å². The van der Waals surface area contributed by atoms with E-state index < -0.39 is 5.60 Å². The number of fused-ring (bicyclic) bond motifs is 1. The Kier molecular flexibility index (Phi) is 8.75. The molecular formula is C25H34IN3O2. The molecule has 5 nitrogen and oxygen atoms in total. The number of aryl methyl sites for hydroxylation is 1. The van der Waals surface area contributed by atoms with Gasteiger partial charge in [-0.05, 0) is 42.9 Å². The van der Waals surface area contributed by atoms with E-state index in [9.17, 15) is 5.11 Å². The van der Waals surface area contributed by atoms with Crippen LogP contribution < -0.4 is 5.32 Å². The highest BCUT2D eigenvalue weighted by atomic mass is 127. The maximum absolute atomic E-state index is 11.2. The van der Waals surface area contributed by atoms with Crippen LogP contribution in [0.4, 0.5) is 0 Å². The van der Waals surface area contributed by atoms with E-state index in [4.69, 9.17) is 9.73 Å². The highest BCUT2D eigenvalue weighted by Crippen LogP contribution is 2.37. The number of aliphatic hydroxyl groups is 1. The van der Waals surface area contributed by atoms with Gasteiger partial charge >= 0.3 is 0 Å². The van der Waals surface area contributed by atoms with E-state index in [0.717, 1.165) is 57.0 Å². The van der Waals surface area contributed by atoms with Crippen LogP contribution in [0.5, 0.6) is 0 Å². The molecule has 4 rings (SSSR count).